The fourth-order valence-electron chi connectivity index (χ4n) is 5.54. The SMILES string of the molecule is Cc1ccc(S(=O)(=O)n2cc(-c3ccnc(NC(=O)C4CC4)c3)c3c(Oc4ccc5c(c4)CN(C(=O)O)CC5)ccnc32)cc1. The fourth-order valence-corrected chi connectivity index (χ4v) is 6.85. The zero-order chi connectivity index (χ0) is 31.3. The summed E-state index contributed by atoms with van der Waals surface area (Å²) in [6, 6.07) is 17.2. The number of carbonyl (C=O) groups is 2. The van der Waals surface area contributed by atoms with Gasteiger partial charge in [0, 0.05) is 43.2 Å². The van der Waals surface area contributed by atoms with Gasteiger partial charge >= 0.3 is 6.09 Å². The molecule has 1 saturated carbocycles. The first kappa shape index (κ1) is 28.5. The summed E-state index contributed by atoms with van der Waals surface area (Å²) in [5, 5.41) is 12.8. The lowest BCUT2D eigenvalue weighted by atomic mass is 10.00. The molecule has 0 bridgehead atoms. The van der Waals surface area contributed by atoms with Gasteiger partial charge in [-0.05, 0) is 85.3 Å². The Kier molecular flexibility index (Phi) is 7.00. The number of amides is 2. The maximum atomic E-state index is 14.0. The average Bonchev–Trinajstić information content (AvgIpc) is 3.81. The van der Waals surface area contributed by atoms with Crippen molar-refractivity contribution in [2.75, 3.05) is 11.9 Å². The van der Waals surface area contributed by atoms with Gasteiger partial charge in [0.25, 0.3) is 10.0 Å². The second kappa shape index (κ2) is 11.0. The molecule has 2 amide bonds. The van der Waals surface area contributed by atoms with Crippen molar-refractivity contribution in [1.29, 1.82) is 0 Å². The van der Waals surface area contributed by atoms with E-state index in [1.165, 1.54) is 17.3 Å². The van der Waals surface area contributed by atoms with Crippen molar-refractivity contribution < 1.29 is 27.9 Å². The lowest BCUT2D eigenvalue weighted by molar-refractivity contribution is -0.117. The third-order valence-electron chi connectivity index (χ3n) is 8.15. The number of hydrogen-bond donors (Lipinski definition) is 2. The minimum atomic E-state index is -4.07. The molecular weight excluding hydrogens is 594 g/mol. The number of nitrogens with one attached hydrogen (secondary N) is 1. The molecule has 0 saturated heterocycles. The zero-order valence-corrected chi connectivity index (χ0v) is 25.1. The topological polar surface area (TPSA) is 144 Å². The third-order valence-corrected chi connectivity index (χ3v) is 9.82. The molecule has 1 aliphatic heterocycles. The van der Waals surface area contributed by atoms with Gasteiger partial charge in [0.15, 0.2) is 5.65 Å². The summed E-state index contributed by atoms with van der Waals surface area (Å²) in [6.07, 6.45) is 5.88. The lowest BCUT2D eigenvalue weighted by Gasteiger charge is -2.26. The van der Waals surface area contributed by atoms with Gasteiger partial charge in [0.1, 0.15) is 17.3 Å². The molecule has 0 radical (unpaired) electrons. The van der Waals surface area contributed by atoms with Gasteiger partial charge in [-0.3, -0.25) is 4.79 Å². The first-order valence-corrected chi connectivity index (χ1v) is 16.0. The maximum absolute atomic E-state index is 14.0. The van der Waals surface area contributed by atoms with Crippen LogP contribution in [0, 0.1) is 12.8 Å². The van der Waals surface area contributed by atoms with Gasteiger partial charge in [-0.25, -0.2) is 27.2 Å². The summed E-state index contributed by atoms with van der Waals surface area (Å²) in [6.45, 7) is 2.55. The molecule has 0 unspecified atom stereocenters. The van der Waals surface area contributed by atoms with Crippen molar-refractivity contribution in [1.82, 2.24) is 18.8 Å². The number of aryl methyl sites for hydroxylation is 1. The van der Waals surface area contributed by atoms with E-state index in [9.17, 15) is 23.1 Å². The number of aromatic nitrogens is 3. The Morgan fingerprint density at radius 3 is 2.51 bits per heavy atom. The van der Waals surface area contributed by atoms with Crippen LogP contribution >= 0.6 is 0 Å². The van der Waals surface area contributed by atoms with Crippen molar-refractivity contribution in [2.45, 2.75) is 37.6 Å². The van der Waals surface area contributed by atoms with E-state index in [0.717, 1.165) is 33.5 Å². The fraction of sp³-hybridized carbons (Fsp3) is 0.212. The van der Waals surface area contributed by atoms with Gasteiger partial charge in [-0.15, -0.1) is 0 Å². The number of rotatable bonds is 7. The van der Waals surface area contributed by atoms with Gasteiger partial charge in [-0.2, -0.15) is 0 Å². The van der Waals surface area contributed by atoms with E-state index in [0.29, 0.717) is 46.8 Å². The smallest absolute Gasteiger partial charge is 0.407 e. The minimum Gasteiger partial charge on any atom is -0.465 e. The molecule has 7 rings (SSSR count). The Balaban J connectivity index is 1.35. The van der Waals surface area contributed by atoms with Crippen LogP contribution in [0.15, 0.2) is 84.1 Å². The largest absolute Gasteiger partial charge is 0.465 e. The number of nitrogens with zero attached hydrogens (tertiary/aromatic N) is 4. The molecule has 3 aromatic heterocycles. The number of hydrogen-bond acceptors (Lipinski definition) is 7. The molecule has 0 atom stereocenters. The summed E-state index contributed by atoms with van der Waals surface area (Å²) in [5.41, 5.74) is 4.11. The molecule has 1 aliphatic carbocycles. The van der Waals surface area contributed by atoms with E-state index < -0.39 is 16.1 Å². The first-order valence-electron chi connectivity index (χ1n) is 14.5. The van der Waals surface area contributed by atoms with E-state index in [1.807, 2.05) is 25.1 Å². The Morgan fingerprint density at radius 1 is 0.978 bits per heavy atom. The van der Waals surface area contributed by atoms with Crippen LogP contribution < -0.4 is 10.1 Å². The van der Waals surface area contributed by atoms with Crippen LogP contribution in [-0.4, -0.2) is 50.9 Å². The summed E-state index contributed by atoms with van der Waals surface area (Å²) >= 11 is 0. The summed E-state index contributed by atoms with van der Waals surface area (Å²) in [7, 11) is -4.07. The Bertz CT molecular complexity index is 2090. The van der Waals surface area contributed by atoms with Crippen LogP contribution in [0.2, 0.25) is 0 Å². The highest BCUT2D eigenvalue weighted by atomic mass is 32.2. The monoisotopic (exact) mass is 623 g/mol. The zero-order valence-electron chi connectivity index (χ0n) is 24.3. The third kappa shape index (κ3) is 5.48. The number of carbonyl (C=O) groups excluding carboxylic acids is 1. The normalized spacial score (nSPS) is 14.6. The standard InChI is InChI=1S/C33H29N5O6S/c1-20-2-8-26(9-3-20)45(42,43)38-19-27(23-10-13-34-29(17-23)36-32(39)22-4-5-22)30-28(11-14-35-31(30)38)44-25-7-6-21-12-15-37(33(40)41)18-24(21)16-25/h2-3,6-11,13-14,16-17,19,22H,4-5,12,15,18H2,1H3,(H,40,41)(H,34,36,39). The number of anilines is 1. The van der Waals surface area contributed by atoms with Crippen LogP contribution in [0.5, 0.6) is 11.5 Å². The second-order valence-electron chi connectivity index (χ2n) is 11.3. The quantitative estimate of drug-likeness (QED) is 0.231. The van der Waals surface area contributed by atoms with Gasteiger partial charge in [-0.1, -0.05) is 23.8 Å². The maximum Gasteiger partial charge on any atom is 0.407 e. The molecule has 0 spiro atoms. The van der Waals surface area contributed by atoms with E-state index >= 15 is 0 Å². The van der Waals surface area contributed by atoms with Gasteiger partial charge in [0.05, 0.1) is 10.3 Å². The predicted octanol–water partition coefficient (Wildman–Crippen LogP) is 5.82. The molecule has 228 valence electrons. The molecule has 12 heteroatoms. The molecule has 2 aromatic carbocycles. The highest BCUT2D eigenvalue weighted by Gasteiger charge is 2.30. The number of benzene rings is 2. The van der Waals surface area contributed by atoms with E-state index in [2.05, 4.69) is 15.3 Å². The number of carboxylic acid groups (broad SMARTS) is 1. The van der Waals surface area contributed by atoms with Crippen LogP contribution in [0.1, 0.15) is 29.5 Å². The highest BCUT2D eigenvalue weighted by Crippen LogP contribution is 2.40. The number of ether oxygens (including phenoxy) is 1. The van der Waals surface area contributed by atoms with E-state index in [-0.39, 0.29) is 28.9 Å². The molecular formula is C33H29N5O6S. The summed E-state index contributed by atoms with van der Waals surface area (Å²) in [4.78, 5) is 34.3. The first-order chi connectivity index (χ1) is 21.7. The summed E-state index contributed by atoms with van der Waals surface area (Å²) in [5.74, 6) is 1.08. The molecule has 1 fully saturated rings. The van der Waals surface area contributed by atoms with Crippen LogP contribution in [0.3, 0.4) is 0 Å². The molecule has 5 aromatic rings. The van der Waals surface area contributed by atoms with E-state index in [1.54, 1.807) is 48.7 Å². The van der Waals surface area contributed by atoms with Crippen LogP contribution in [0.4, 0.5) is 10.6 Å². The molecule has 45 heavy (non-hydrogen) atoms. The summed E-state index contributed by atoms with van der Waals surface area (Å²) < 4.78 is 35.5. The lowest BCUT2D eigenvalue weighted by Crippen LogP contribution is -2.34. The van der Waals surface area contributed by atoms with Crippen molar-refractivity contribution in [3.8, 4) is 22.6 Å². The van der Waals surface area contributed by atoms with Crippen molar-refractivity contribution in [2.24, 2.45) is 5.92 Å². The van der Waals surface area contributed by atoms with Crippen molar-refractivity contribution in [3.63, 3.8) is 0 Å². The number of fused-ring (bicyclic) bond motifs is 2. The van der Waals surface area contributed by atoms with E-state index in [4.69, 9.17) is 4.74 Å². The predicted molar refractivity (Wildman–Crippen MR) is 167 cm³/mol. The Labute approximate surface area is 259 Å². The van der Waals surface area contributed by atoms with Crippen LogP contribution in [-0.2, 0) is 27.8 Å². The molecule has 11 nitrogen and oxygen atoms in total. The number of pyridine rings is 2. The molecule has 4 heterocycles. The Hall–Kier alpha value is -5.23. The second-order valence-corrected chi connectivity index (χ2v) is 13.2. The molecule has 2 aliphatic rings. The van der Waals surface area contributed by atoms with Crippen LogP contribution in [0.25, 0.3) is 22.2 Å². The van der Waals surface area contributed by atoms with Crippen molar-refractivity contribution >= 4 is 38.9 Å². The highest BCUT2D eigenvalue weighted by molar-refractivity contribution is 7.90. The van der Waals surface area contributed by atoms with Gasteiger partial charge < -0.3 is 20.1 Å². The minimum absolute atomic E-state index is 0.0135. The van der Waals surface area contributed by atoms with Crippen molar-refractivity contribution in [3.05, 3.63) is 95.9 Å². The average molecular weight is 624 g/mol. The van der Waals surface area contributed by atoms with Gasteiger partial charge in [0.2, 0.25) is 5.91 Å². The molecule has 2 N–H and O–H groups in total. The Morgan fingerprint density at radius 2 is 1.76 bits per heavy atom.